The number of hydrogen-bond donors (Lipinski definition) is 0. The first-order chi connectivity index (χ1) is 15.8. The fraction of sp³-hybridized carbons (Fsp3) is 0.700. The van der Waals surface area contributed by atoms with E-state index in [9.17, 15) is 0 Å². The molecular weight excluding hydrogens is 388 g/mol. The van der Waals surface area contributed by atoms with Crippen molar-refractivity contribution in [3.05, 3.63) is 54.1 Å². The van der Waals surface area contributed by atoms with Crippen molar-refractivity contribution in [1.82, 2.24) is 4.57 Å². The van der Waals surface area contributed by atoms with Gasteiger partial charge < -0.3 is 0 Å². The highest BCUT2D eigenvalue weighted by atomic mass is 15.1. The summed E-state index contributed by atoms with van der Waals surface area (Å²) >= 11 is 0. The van der Waals surface area contributed by atoms with Crippen molar-refractivity contribution in [3.63, 3.8) is 0 Å². The zero-order valence-electron chi connectivity index (χ0n) is 21.4. The van der Waals surface area contributed by atoms with Crippen LogP contribution in [-0.2, 0) is 25.9 Å². The molecule has 32 heavy (non-hydrogen) atoms. The minimum absolute atomic E-state index is 1.14. The van der Waals surface area contributed by atoms with Gasteiger partial charge in [-0.15, -0.1) is 0 Å². The molecule has 0 saturated heterocycles. The number of rotatable bonds is 20. The van der Waals surface area contributed by atoms with Gasteiger partial charge in [0.05, 0.1) is 13.1 Å². The molecule has 0 aliphatic heterocycles. The molecule has 1 heterocycles. The quantitative estimate of drug-likeness (QED) is 0.144. The summed E-state index contributed by atoms with van der Waals surface area (Å²) in [4.78, 5) is 0. The Labute approximate surface area is 199 Å². The first kappa shape index (κ1) is 26.7. The molecule has 180 valence electrons. The van der Waals surface area contributed by atoms with Crippen LogP contribution in [0.4, 0.5) is 0 Å². The molecule has 1 aromatic heterocycles. The molecule has 1 aromatic carbocycles. The molecule has 0 aliphatic carbocycles. The van der Waals surface area contributed by atoms with Crippen molar-refractivity contribution < 1.29 is 4.57 Å². The molecule has 0 amide bonds. The molecular formula is C30H51N2+. The summed E-state index contributed by atoms with van der Waals surface area (Å²) in [5, 5.41) is 0. The van der Waals surface area contributed by atoms with Gasteiger partial charge in [0.2, 0.25) is 0 Å². The van der Waals surface area contributed by atoms with E-state index in [4.69, 9.17) is 0 Å². The van der Waals surface area contributed by atoms with Gasteiger partial charge >= 0.3 is 0 Å². The molecule has 2 aromatic rings. The van der Waals surface area contributed by atoms with E-state index in [0.29, 0.717) is 0 Å². The van der Waals surface area contributed by atoms with Crippen molar-refractivity contribution in [2.75, 3.05) is 0 Å². The van der Waals surface area contributed by atoms with Crippen LogP contribution in [0.15, 0.2) is 42.7 Å². The van der Waals surface area contributed by atoms with Crippen LogP contribution in [0, 0.1) is 0 Å². The summed E-state index contributed by atoms with van der Waals surface area (Å²) in [5.74, 6) is 1.56. The molecule has 0 bridgehead atoms. The smallest absolute Gasteiger partial charge is 0.234 e. The molecule has 0 aliphatic rings. The number of imidazole rings is 1. The number of unbranched alkanes of at least 4 members (excludes halogenated alkanes) is 12. The first-order valence-corrected chi connectivity index (χ1v) is 14.0. The van der Waals surface area contributed by atoms with E-state index in [1.54, 1.807) is 5.82 Å². The molecule has 0 unspecified atom stereocenters. The molecule has 0 saturated carbocycles. The lowest BCUT2D eigenvalue weighted by Gasteiger charge is -2.07. The van der Waals surface area contributed by atoms with Gasteiger partial charge in [0, 0.05) is 6.42 Å². The average Bonchev–Trinajstić information content (AvgIpc) is 3.20. The van der Waals surface area contributed by atoms with E-state index in [1.165, 1.54) is 121 Å². The lowest BCUT2D eigenvalue weighted by atomic mass is 10.1. The van der Waals surface area contributed by atoms with E-state index in [-0.39, 0.29) is 0 Å². The Balaban J connectivity index is 1.73. The monoisotopic (exact) mass is 439 g/mol. The molecule has 0 N–H and O–H groups in total. The molecule has 2 rings (SSSR count). The van der Waals surface area contributed by atoms with Gasteiger partial charge in [-0.05, 0) is 37.7 Å². The maximum Gasteiger partial charge on any atom is 0.256 e. The van der Waals surface area contributed by atoms with Crippen LogP contribution in [-0.4, -0.2) is 4.57 Å². The third kappa shape index (κ3) is 11.3. The Morgan fingerprint density at radius 3 is 1.88 bits per heavy atom. The van der Waals surface area contributed by atoms with E-state index in [2.05, 4.69) is 65.7 Å². The molecule has 2 nitrogen and oxygen atoms in total. The van der Waals surface area contributed by atoms with Gasteiger partial charge in [0.25, 0.3) is 5.82 Å². The normalized spacial score (nSPS) is 11.3. The van der Waals surface area contributed by atoms with Gasteiger partial charge in [0.1, 0.15) is 12.4 Å². The van der Waals surface area contributed by atoms with Crippen molar-refractivity contribution in [3.8, 4) is 0 Å². The Kier molecular flexibility index (Phi) is 14.9. The second-order valence-electron chi connectivity index (χ2n) is 9.68. The van der Waals surface area contributed by atoms with Crippen LogP contribution in [0.3, 0.4) is 0 Å². The van der Waals surface area contributed by atoms with E-state index >= 15 is 0 Å². The number of aromatic nitrogens is 2. The summed E-state index contributed by atoms with van der Waals surface area (Å²) in [5.41, 5.74) is 1.46. The average molecular weight is 440 g/mol. The highest BCUT2D eigenvalue weighted by molar-refractivity contribution is 5.14. The van der Waals surface area contributed by atoms with Crippen LogP contribution in [0.1, 0.15) is 122 Å². The second-order valence-corrected chi connectivity index (χ2v) is 9.68. The van der Waals surface area contributed by atoms with Crippen molar-refractivity contribution in [2.24, 2.45) is 0 Å². The fourth-order valence-corrected chi connectivity index (χ4v) is 4.77. The fourth-order valence-electron chi connectivity index (χ4n) is 4.77. The van der Waals surface area contributed by atoms with Crippen LogP contribution >= 0.6 is 0 Å². The molecule has 2 heteroatoms. The maximum absolute atomic E-state index is 2.57. The van der Waals surface area contributed by atoms with Gasteiger partial charge in [-0.25, -0.2) is 9.13 Å². The van der Waals surface area contributed by atoms with Crippen molar-refractivity contribution in [2.45, 2.75) is 136 Å². The Morgan fingerprint density at radius 1 is 0.625 bits per heavy atom. The van der Waals surface area contributed by atoms with Crippen LogP contribution in [0.2, 0.25) is 0 Å². The van der Waals surface area contributed by atoms with Crippen LogP contribution in [0.25, 0.3) is 0 Å². The predicted molar refractivity (Wildman–Crippen MR) is 139 cm³/mol. The Morgan fingerprint density at radius 2 is 1.22 bits per heavy atom. The standard InChI is InChI=1S/C30H51N2/c1-3-5-7-9-10-11-12-13-14-19-25-31-27-28-32(30(31)24-18-8-6-4-2)26-20-23-29-21-16-15-17-22-29/h15-17,21-22,27-28H,3-14,18-20,23-26H2,1-2H3/q+1. The zero-order valence-corrected chi connectivity index (χ0v) is 21.4. The van der Waals surface area contributed by atoms with Gasteiger partial charge in [-0.3, -0.25) is 0 Å². The second kappa shape index (κ2) is 17.9. The van der Waals surface area contributed by atoms with E-state index in [1.807, 2.05) is 0 Å². The van der Waals surface area contributed by atoms with Gasteiger partial charge in [-0.2, -0.15) is 0 Å². The van der Waals surface area contributed by atoms with Crippen molar-refractivity contribution >= 4 is 0 Å². The van der Waals surface area contributed by atoms with E-state index < -0.39 is 0 Å². The molecule has 0 spiro atoms. The number of benzene rings is 1. The minimum Gasteiger partial charge on any atom is -0.234 e. The topological polar surface area (TPSA) is 8.81 Å². The van der Waals surface area contributed by atoms with Crippen LogP contribution in [0.5, 0.6) is 0 Å². The Bertz CT molecular complexity index is 673. The van der Waals surface area contributed by atoms with Crippen LogP contribution < -0.4 is 4.57 Å². The lowest BCUT2D eigenvalue weighted by Crippen LogP contribution is -2.37. The maximum atomic E-state index is 2.57. The lowest BCUT2D eigenvalue weighted by molar-refractivity contribution is -0.704. The third-order valence-corrected chi connectivity index (χ3v) is 6.80. The Hall–Kier alpha value is -1.57. The van der Waals surface area contributed by atoms with Crippen molar-refractivity contribution in [1.29, 1.82) is 0 Å². The SMILES string of the molecule is CCCCCCCCCCCCn1cc[n+](CCCc2ccccc2)c1CCCCCC. The summed E-state index contributed by atoms with van der Waals surface area (Å²) in [6.45, 7) is 6.94. The first-order valence-electron chi connectivity index (χ1n) is 14.0. The van der Waals surface area contributed by atoms with Gasteiger partial charge in [0.15, 0.2) is 0 Å². The molecule has 0 radical (unpaired) electrons. The highest BCUT2D eigenvalue weighted by Crippen LogP contribution is 2.12. The minimum atomic E-state index is 1.14. The molecule has 0 atom stereocenters. The summed E-state index contributed by atoms with van der Waals surface area (Å²) in [7, 11) is 0. The number of aryl methyl sites for hydroxylation is 3. The summed E-state index contributed by atoms with van der Waals surface area (Å²) in [6, 6.07) is 10.9. The summed E-state index contributed by atoms with van der Waals surface area (Å²) in [6.07, 6.45) is 27.8. The predicted octanol–water partition coefficient (Wildman–Crippen LogP) is 8.45. The van der Waals surface area contributed by atoms with E-state index in [0.717, 1.165) is 6.54 Å². The number of hydrogen-bond acceptors (Lipinski definition) is 0. The largest absolute Gasteiger partial charge is 0.256 e. The number of nitrogens with zero attached hydrogens (tertiary/aromatic N) is 2. The summed E-state index contributed by atoms with van der Waals surface area (Å²) < 4.78 is 5.12. The highest BCUT2D eigenvalue weighted by Gasteiger charge is 2.16. The molecule has 0 fully saturated rings. The zero-order chi connectivity index (χ0) is 22.7. The van der Waals surface area contributed by atoms with Gasteiger partial charge in [-0.1, -0.05) is 115 Å². The third-order valence-electron chi connectivity index (χ3n) is 6.80.